The van der Waals surface area contributed by atoms with E-state index < -0.39 is 0 Å². The zero-order valence-electron chi connectivity index (χ0n) is 10.3. The summed E-state index contributed by atoms with van der Waals surface area (Å²) in [7, 11) is 0. The number of pyridine rings is 1. The maximum Gasteiger partial charge on any atom is 0.250 e. The van der Waals surface area contributed by atoms with Crippen LogP contribution >= 0.6 is 11.3 Å². The summed E-state index contributed by atoms with van der Waals surface area (Å²) in [6.07, 6.45) is 1.93. The van der Waals surface area contributed by atoms with E-state index in [1.54, 1.807) is 22.0 Å². The van der Waals surface area contributed by atoms with Crippen molar-refractivity contribution in [1.29, 1.82) is 0 Å². The predicted octanol–water partition coefficient (Wildman–Crippen LogP) is 3.63. The van der Waals surface area contributed by atoms with Crippen molar-refractivity contribution in [2.45, 2.75) is 6.54 Å². The first kappa shape index (κ1) is 11.9. The lowest BCUT2D eigenvalue weighted by Crippen LogP contribution is -2.18. The zero-order valence-corrected chi connectivity index (χ0v) is 11.1. The maximum absolute atomic E-state index is 11.9. The van der Waals surface area contributed by atoms with Crippen LogP contribution in [-0.2, 0) is 6.54 Å². The third-order valence-electron chi connectivity index (χ3n) is 2.98. The van der Waals surface area contributed by atoms with Crippen molar-refractivity contribution in [1.82, 2.24) is 4.57 Å². The van der Waals surface area contributed by atoms with Gasteiger partial charge in [-0.2, -0.15) is 0 Å². The molecule has 0 radical (unpaired) electrons. The summed E-state index contributed by atoms with van der Waals surface area (Å²) in [5, 5.41) is 2.04. The minimum Gasteiger partial charge on any atom is -0.310 e. The summed E-state index contributed by atoms with van der Waals surface area (Å²) in [5.74, 6) is 0. The molecule has 0 N–H and O–H groups in total. The Morgan fingerprint density at radius 1 is 0.947 bits per heavy atom. The van der Waals surface area contributed by atoms with Crippen LogP contribution in [-0.4, -0.2) is 4.57 Å². The molecule has 1 aromatic carbocycles. The van der Waals surface area contributed by atoms with Gasteiger partial charge in [-0.3, -0.25) is 4.79 Å². The summed E-state index contributed by atoms with van der Waals surface area (Å²) in [5.41, 5.74) is 2.25. The molecule has 0 unspecified atom stereocenters. The van der Waals surface area contributed by atoms with Crippen molar-refractivity contribution in [2.75, 3.05) is 0 Å². The molecule has 0 atom stereocenters. The van der Waals surface area contributed by atoms with Gasteiger partial charge in [-0.25, -0.2) is 0 Å². The Balaban J connectivity index is 1.97. The first-order valence-corrected chi connectivity index (χ1v) is 6.99. The molecule has 0 aliphatic rings. The number of thiophene rings is 1. The summed E-state index contributed by atoms with van der Waals surface area (Å²) in [4.78, 5) is 13.1. The van der Waals surface area contributed by atoms with Crippen LogP contribution in [0.3, 0.4) is 0 Å². The predicted molar refractivity (Wildman–Crippen MR) is 79.6 cm³/mol. The third kappa shape index (κ3) is 2.66. The second-order valence-electron chi connectivity index (χ2n) is 4.35. The van der Waals surface area contributed by atoms with E-state index in [2.05, 4.69) is 6.07 Å². The van der Waals surface area contributed by atoms with Crippen LogP contribution in [0.25, 0.3) is 10.4 Å². The van der Waals surface area contributed by atoms with E-state index in [9.17, 15) is 4.79 Å². The van der Waals surface area contributed by atoms with Gasteiger partial charge in [0, 0.05) is 22.7 Å². The number of hydrogen-bond acceptors (Lipinski definition) is 2. The van der Waals surface area contributed by atoms with Gasteiger partial charge in [-0.05, 0) is 23.1 Å². The summed E-state index contributed by atoms with van der Waals surface area (Å²) in [6, 6.07) is 17.6. The maximum atomic E-state index is 11.9. The number of rotatable bonds is 3. The summed E-state index contributed by atoms with van der Waals surface area (Å²) >= 11 is 1.68. The Labute approximate surface area is 115 Å². The molecule has 0 bridgehead atoms. The van der Waals surface area contributed by atoms with E-state index in [4.69, 9.17) is 0 Å². The van der Waals surface area contributed by atoms with E-state index in [0.717, 1.165) is 11.1 Å². The Morgan fingerprint density at radius 2 is 1.79 bits per heavy atom. The van der Waals surface area contributed by atoms with Gasteiger partial charge in [0.1, 0.15) is 0 Å². The van der Waals surface area contributed by atoms with Crippen LogP contribution in [0.1, 0.15) is 5.56 Å². The molecule has 19 heavy (non-hydrogen) atoms. The lowest BCUT2D eigenvalue weighted by molar-refractivity contribution is 0.761. The van der Waals surface area contributed by atoms with Crippen LogP contribution in [0.15, 0.2) is 71.0 Å². The number of benzene rings is 1. The Kier molecular flexibility index (Phi) is 3.29. The van der Waals surface area contributed by atoms with Crippen molar-refractivity contribution in [3.8, 4) is 10.4 Å². The fourth-order valence-electron chi connectivity index (χ4n) is 2.02. The minimum atomic E-state index is 0.0316. The van der Waals surface area contributed by atoms with Crippen molar-refractivity contribution in [2.24, 2.45) is 0 Å². The molecule has 2 aromatic heterocycles. The summed E-state index contributed by atoms with van der Waals surface area (Å²) < 4.78 is 1.75. The molecule has 0 saturated carbocycles. The van der Waals surface area contributed by atoms with Gasteiger partial charge in [-0.1, -0.05) is 36.4 Å². The van der Waals surface area contributed by atoms with Gasteiger partial charge in [0.05, 0.1) is 6.54 Å². The van der Waals surface area contributed by atoms with E-state index in [-0.39, 0.29) is 5.56 Å². The lowest BCUT2D eigenvalue weighted by Gasteiger charge is -2.07. The molecular weight excluding hydrogens is 254 g/mol. The van der Waals surface area contributed by atoms with Gasteiger partial charge >= 0.3 is 0 Å². The molecule has 0 fully saturated rings. The molecule has 0 saturated heterocycles. The molecule has 0 spiro atoms. The first-order valence-electron chi connectivity index (χ1n) is 6.11. The highest BCUT2D eigenvalue weighted by atomic mass is 32.1. The lowest BCUT2D eigenvalue weighted by atomic mass is 10.2. The number of nitrogens with zero attached hydrogens (tertiary/aromatic N) is 1. The molecule has 0 aliphatic carbocycles. The normalized spacial score (nSPS) is 10.5. The van der Waals surface area contributed by atoms with E-state index in [1.165, 1.54) is 4.88 Å². The number of aromatic nitrogens is 1. The van der Waals surface area contributed by atoms with Crippen molar-refractivity contribution >= 4 is 11.3 Å². The molecular formula is C16H13NOS. The van der Waals surface area contributed by atoms with E-state index in [0.29, 0.717) is 6.54 Å². The monoisotopic (exact) mass is 267 g/mol. The average Bonchev–Trinajstić information content (AvgIpc) is 2.96. The summed E-state index contributed by atoms with van der Waals surface area (Å²) in [6.45, 7) is 0.610. The quantitative estimate of drug-likeness (QED) is 0.710. The standard InChI is InChI=1S/C16H13NOS/c18-16-9-8-14(15-7-4-10-19-15)12-17(16)11-13-5-2-1-3-6-13/h1-10,12H,11H2. The highest BCUT2D eigenvalue weighted by Crippen LogP contribution is 2.23. The SMILES string of the molecule is O=c1ccc(-c2cccs2)cn1Cc1ccccc1. The largest absolute Gasteiger partial charge is 0.310 e. The molecule has 0 aliphatic heterocycles. The van der Waals surface area contributed by atoms with Crippen LogP contribution in [0, 0.1) is 0 Å². The molecule has 0 amide bonds. The highest BCUT2D eigenvalue weighted by molar-refractivity contribution is 7.13. The Bertz CT molecular complexity index is 714. The van der Waals surface area contributed by atoms with E-state index in [1.807, 2.05) is 54.0 Å². The van der Waals surface area contributed by atoms with Crippen molar-refractivity contribution in [3.05, 3.63) is 82.1 Å². The van der Waals surface area contributed by atoms with Gasteiger partial charge < -0.3 is 4.57 Å². The van der Waals surface area contributed by atoms with Crippen molar-refractivity contribution in [3.63, 3.8) is 0 Å². The Morgan fingerprint density at radius 3 is 2.53 bits per heavy atom. The fraction of sp³-hybridized carbons (Fsp3) is 0.0625. The molecule has 94 valence electrons. The Hall–Kier alpha value is -2.13. The van der Waals surface area contributed by atoms with Crippen LogP contribution < -0.4 is 5.56 Å². The molecule has 3 aromatic rings. The first-order chi connectivity index (χ1) is 9.33. The zero-order chi connectivity index (χ0) is 13.1. The van der Waals surface area contributed by atoms with E-state index >= 15 is 0 Å². The van der Waals surface area contributed by atoms with Crippen LogP contribution in [0.5, 0.6) is 0 Å². The topological polar surface area (TPSA) is 22.0 Å². The van der Waals surface area contributed by atoms with Crippen LogP contribution in [0.4, 0.5) is 0 Å². The van der Waals surface area contributed by atoms with Crippen molar-refractivity contribution < 1.29 is 0 Å². The smallest absolute Gasteiger partial charge is 0.250 e. The molecule has 2 nitrogen and oxygen atoms in total. The van der Waals surface area contributed by atoms with Gasteiger partial charge in [0.2, 0.25) is 0 Å². The molecule has 3 rings (SSSR count). The molecule has 3 heteroatoms. The van der Waals surface area contributed by atoms with Crippen LogP contribution in [0.2, 0.25) is 0 Å². The van der Waals surface area contributed by atoms with Gasteiger partial charge in [0.15, 0.2) is 0 Å². The second-order valence-corrected chi connectivity index (χ2v) is 5.29. The minimum absolute atomic E-state index is 0.0316. The van der Waals surface area contributed by atoms with Gasteiger partial charge in [-0.15, -0.1) is 11.3 Å². The number of hydrogen-bond donors (Lipinski definition) is 0. The fourth-order valence-corrected chi connectivity index (χ4v) is 2.74. The molecule has 2 heterocycles. The highest BCUT2D eigenvalue weighted by Gasteiger charge is 2.03. The van der Waals surface area contributed by atoms with Gasteiger partial charge in [0.25, 0.3) is 5.56 Å². The third-order valence-corrected chi connectivity index (χ3v) is 3.90. The average molecular weight is 267 g/mol. The second kappa shape index (κ2) is 5.24.